The van der Waals surface area contributed by atoms with Gasteiger partial charge < -0.3 is 9.84 Å². The number of rotatable bonds is 5. The van der Waals surface area contributed by atoms with E-state index in [0.717, 1.165) is 11.9 Å². The van der Waals surface area contributed by atoms with Crippen LogP contribution in [0.15, 0.2) is 52.4 Å². The van der Waals surface area contributed by atoms with Crippen LogP contribution in [0.3, 0.4) is 0 Å². The molecule has 6 nitrogen and oxygen atoms in total. The molecule has 3 rings (SSSR count). The van der Waals surface area contributed by atoms with E-state index in [1.807, 2.05) is 6.92 Å². The van der Waals surface area contributed by atoms with Gasteiger partial charge in [-0.2, -0.15) is 18.2 Å². The number of aliphatic carboxylic acids is 1. The van der Waals surface area contributed by atoms with Crippen LogP contribution in [0.4, 0.5) is 13.2 Å². The Morgan fingerprint density at radius 1 is 1.39 bits per heavy atom. The van der Waals surface area contributed by atoms with Crippen molar-refractivity contribution in [1.82, 2.24) is 10.0 Å². The average Bonchev–Trinajstić information content (AvgIpc) is 3.01. The molecular weight excluding hydrogens is 375 g/mol. The highest BCUT2D eigenvalue weighted by Gasteiger charge is 2.48. The van der Waals surface area contributed by atoms with Gasteiger partial charge in [0.05, 0.1) is 24.4 Å². The van der Waals surface area contributed by atoms with Crippen molar-refractivity contribution < 1.29 is 27.8 Å². The topological polar surface area (TPSA) is 65.4 Å². The summed E-state index contributed by atoms with van der Waals surface area (Å²) in [6, 6.07) is 5.24. The first kappa shape index (κ1) is 19.9. The predicted molar refractivity (Wildman–Crippen MR) is 96.6 cm³/mol. The molecule has 9 heteroatoms. The summed E-state index contributed by atoms with van der Waals surface area (Å²) >= 11 is 0. The zero-order chi connectivity index (χ0) is 20.6. The van der Waals surface area contributed by atoms with Crippen molar-refractivity contribution in [3.05, 3.63) is 53.0 Å². The number of hydrogen-bond donors (Lipinski definition) is 1. The van der Waals surface area contributed by atoms with Gasteiger partial charge in [0.1, 0.15) is 11.8 Å². The van der Waals surface area contributed by atoms with E-state index in [0.29, 0.717) is 29.3 Å². The summed E-state index contributed by atoms with van der Waals surface area (Å²) in [7, 11) is 0. The number of carboxylic acids is 1. The minimum absolute atomic E-state index is 0.000382. The number of nitrogens with zero attached hydrogens (tertiary/aromatic N) is 3. The number of alkyl halides is 3. The van der Waals surface area contributed by atoms with Crippen LogP contribution in [-0.4, -0.2) is 52.2 Å². The Morgan fingerprint density at radius 2 is 2.11 bits per heavy atom. The van der Waals surface area contributed by atoms with Crippen LogP contribution >= 0.6 is 0 Å². The summed E-state index contributed by atoms with van der Waals surface area (Å²) in [4.78, 5) is 16.0. The molecule has 1 aromatic rings. The Hall–Kier alpha value is -2.81. The van der Waals surface area contributed by atoms with Gasteiger partial charge in [-0.1, -0.05) is 12.1 Å². The molecule has 2 heterocycles. The lowest BCUT2D eigenvalue weighted by atomic mass is 10.1. The van der Waals surface area contributed by atoms with Gasteiger partial charge in [-0.05, 0) is 39.0 Å². The second-order valence-corrected chi connectivity index (χ2v) is 6.48. The number of benzene rings is 1. The van der Waals surface area contributed by atoms with E-state index < -0.39 is 18.2 Å². The number of aliphatic imine (C=N–C) groups is 1. The highest BCUT2D eigenvalue weighted by molar-refractivity contribution is 6.10. The van der Waals surface area contributed by atoms with E-state index in [1.54, 1.807) is 37.3 Å². The maximum absolute atomic E-state index is 13.3. The van der Waals surface area contributed by atoms with Gasteiger partial charge in [-0.3, -0.25) is 5.01 Å². The second kappa shape index (κ2) is 7.31. The largest absolute Gasteiger partial charge is 0.494 e. The molecular formula is C19H20F3N3O3. The second-order valence-electron chi connectivity index (χ2n) is 6.48. The Morgan fingerprint density at radius 3 is 2.71 bits per heavy atom. The number of hydrazine groups is 1. The number of carbonyl (C=O) groups is 1. The fourth-order valence-corrected chi connectivity index (χ4v) is 3.14. The van der Waals surface area contributed by atoms with E-state index in [1.165, 1.54) is 5.01 Å². The first-order valence-corrected chi connectivity index (χ1v) is 8.73. The predicted octanol–water partition coefficient (Wildman–Crippen LogP) is 3.57. The standard InChI is InChI=1S/C19H20F3N3O3/c1-4-28-14-7-5-6-13(9-14)16-8-11(2)25-17(23-16)15(18(26)27)10-24(25)12(3)19(20,21)22/h5-9,12H,4,10H2,1-3H3,(H,26,27). The molecule has 0 radical (unpaired) electrons. The van der Waals surface area contributed by atoms with Crippen LogP contribution in [-0.2, 0) is 4.79 Å². The van der Waals surface area contributed by atoms with Gasteiger partial charge in [-0.25, -0.2) is 9.79 Å². The van der Waals surface area contributed by atoms with E-state index in [2.05, 4.69) is 4.99 Å². The fourth-order valence-electron chi connectivity index (χ4n) is 3.14. The van der Waals surface area contributed by atoms with Crippen molar-refractivity contribution in [2.24, 2.45) is 4.99 Å². The normalized spacial score (nSPS) is 18.6. The molecule has 2 aliphatic heterocycles. The van der Waals surface area contributed by atoms with Crippen LogP contribution in [0.1, 0.15) is 26.3 Å². The van der Waals surface area contributed by atoms with E-state index >= 15 is 0 Å². The van der Waals surface area contributed by atoms with Gasteiger partial charge in [-0.15, -0.1) is 0 Å². The Labute approximate surface area is 160 Å². The number of halogens is 3. The summed E-state index contributed by atoms with van der Waals surface area (Å²) < 4.78 is 45.3. The lowest BCUT2D eigenvalue weighted by molar-refractivity contribution is -0.201. The SMILES string of the molecule is CCOc1cccc(C2=NC3=C(C(=O)O)CN(C(C)C(F)(F)F)N3C(C)=C2)c1. The van der Waals surface area contributed by atoms with E-state index in [9.17, 15) is 23.1 Å². The molecule has 0 saturated carbocycles. The summed E-state index contributed by atoms with van der Waals surface area (Å²) in [5, 5.41) is 11.7. The van der Waals surface area contributed by atoms with Gasteiger partial charge in [0.15, 0.2) is 5.82 Å². The number of hydrogen-bond acceptors (Lipinski definition) is 5. The molecule has 1 atom stereocenters. The van der Waals surface area contributed by atoms with Gasteiger partial charge in [0.2, 0.25) is 0 Å². The maximum atomic E-state index is 13.3. The van der Waals surface area contributed by atoms with Crippen LogP contribution in [0.2, 0.25) is 0 Å². The van der Waals surface area contributed by atoms with Gasteiger partial charge in [0.25, 0.3) is 0 Å². The zero-order valence-corrected chi connectivity index (χ0v) is 15.6. The maximum Gasteiger partial charge on any atom is 0.405 e. The van der Waals surface area contributed by atoms with Gasteiger partial charge >= 0.3 is 12.1 Å². The number of allylic oxidation sites excluding steroid dienone is 2. The minimum atomic E-state index is -4.50. The lowest BCUT2D eigenvalue weighted by Gasteiger charge is -2.37. The molecule has 0 aromatic heterocycles. The quantitative estimate of drug-likeness (QED) is 0.826. The number of ether oxygens (including phenoxy) is 1. The molecule has 1 N–H and O–H groups in total. The molecule has 0 fully saturated rings. The van der Waals surface area contributed by atoms with Crippen molar-refractivity contribution in [3.63, 3.8) is 0 Å². The summed E-state index contributed by atoms with van der Waals surface area (Å²) in [5.41, 5.74) is 1.42. The first-order chi connectivity index (χ1) is 13.1. The van der Waals surface area contributed by atoms with Gasteiger partial charge in [0, 0.05) is 11.3 Å². The molecule has 1 unspecified atom stereocenters. The average molecular weight is 395 g/mol. The monoisotopic (exact) mass is 395 g/mol. The smallest absolute Gasteiger partial charge is 0.405 e. The molecule has 0 saturated heterocycles. The molecule has 28 heavy (non-hydrogen) atoms. The number of fused-ring (bicyclic) bond motifs is 1. The minimum Gasteiger partial charge on any atom is -0.494 e. The third-order valence-corrected chi connectivity index (χ3v) is 4.57. The van der Waals surface area contributed by atoms with Crippen molar-refractivity contribution >= 4 is 11.7 Å². The summed E-state index contributed by atoms with van der Waals surface area (Å²) in [6.07, 6.45) is -2.87. The molecule has 0 spiro atoms. The van der Waals surface area contributed by atoms with Crippen LogP contribution in [0.25, 0.3) is 0 Å². The summed E-state index contributed by atoms with van der Waals surface area (Å²) in [6.45, 7) is 4.58. The Bertz CT molecular complexity index is 890. The molecule has 0 aliphatic carbocycles. The van der Waals surface area contributed by atoms with Crippen LogP contribution < -0.4 is 4.74 Å². The third-order valence-electron chi connectivity index (χ3n) is 4.57. The molecule has 0 bridgehead atoms. The lowest BCUT2D eigenvalue weighted by Crippen LogP contribution is -2.50. The van der Waals surface area contributed by atoms with Crippen molar-refractivity contribution in [2.45, 2.75) is 33.0 Å². The Balaban J connectivity index is 2.04. The highest BCUT2D eigenvalue weighted by atomic mass is 19.4. The molecule has 0 amide bonds. The fraction of sp³-hybridized carbons (Fsp3) is 0.368. The third kappa shape index (κ3) is 3.62. The van der Waals surface area contributed by atoms with E-state index in [-0.39, 0.29) is 17.9 Å². The van der Waals surface area contributed by atoms with Crippen molar-refractivity contribution in [1.29, 1.82) is 0 Å². The van der Waals surface area contributed by atoms with E-state index in [4.69, 9.17) is 4.74 Å². The summed E-state index contributed by atoms with van der Waals surface area (Å²) in [5.74, 6) is -0.666. The van der Waals surface area contributed by atoms with Crippen molar-refractivity contribution in [3.8, 4) is 5.75 Å². The molecule has 150 valence electrons. The number of carboxylic acid groups (broad SMARTS) is 1. The Kier molecular flexibility index (Phi) is 5.20. The van der Waals surface area contributed by atoms with Crippen LogP contribution in [0.5, 0.6) is 5.75 Å². The molecule has 2 aliphatic rings. The zero-order valence-electron chi connectivity index (χ0n) is 15.6. The highest BCUT2D eigenvalue weighted by Crippen LogP contribution is 2.37. The van der Waals surface area contributed by atoms with Crippen LogP contribution in [0, 0.1) is 0 Å². The van der Waals surface area contributed by atoms with Crippen molar-refractivity contribution in [2.75, 3.05) is 13.2 Å². The first-order valence-electron chi connectivity index (χ1n) is 8.73. The molecule has 1 aromatic carbocycles.